The van der Waals surface area contributed by atoms with Crippen molar-refractivity contribution >= 4 is 21.7 Å². The van der Waals surface area contributed by atoms with Crippen molar-refractivity contribution in [3.8, 4) is 0 Å². The van der Waals surface area contributed by atoms with Gasteiger partial charge in [0.25, 0.3) is 0 Å². The lowest BCUT2D eigenvalue weighted by atomic mass is 9.98. The van der Waals surface area contributed by atoms with Crippen LogP contribution < -0.4 is 4.31 Å². The van der Waals surface area contributed by atoms with Gasteiger partial charge in [-0.25, -0.2) is 4.31 Å². The lowest BCUT2D eigenvalue weighted by Crippen LogP contribution is -2.28. The Balaban J connectivity index is 2.90. The van der Waals surface area contributed by atoms with E-state index in [0.29, 0.717) is 11.4 Å². The van der Waals surface area contributed by atoms with Gasteiger partial charge in [-0.15, -0.1) is 0 Å². The smallest absolute Gasteiger partial charge is 0.269 e. The van der Waals surface area contributed by atoms with Gasteiger partial charge in [-0.2, -0.15) is 8.42 Å². The maximum Gasteiger partial charge on any atom is 0.364 e. The van der Waals surface area contributed by atoms with Crippen LogP contribution in [0.1, 0.15) is 33.4 Å². The molecule has 0 fully saturated rings. The molecule has 2 rings (SSSR count). The molecule has 0 saturated heterocycles. The summed E-state index contributed by atoms with van der Waals surface area (Å²) in [5.74, 6) is 0. The third-order valence-corrected chi connectivity index (χ3v) is 5.18. The van der Waals surface area contributed by atoms with Crippen molar-refractivity contribution in [2.24, 2.45) is 0 Å². The van der Waals surface area contributed by atoms with Crippen molar-refractivity contribution in [3.05, 3.63) is 57.6 Å². The molecule has 0 aliphatic carbocycles. The van der Waals surface area contributed by atoms with Crippen molar-refractivity contribution in [3.63, 3.8) is 0 Å². The molecule has 0 aliphatic heterocycles. The second-order valence-electron chi connectivity index (χ2n) is 6.14. The summed E-state index contributed by atoms with van der Waals surface area (Å²) in [4.78, 5) is 0. The Kier molecular flexibility index (Phi) is 4.55. The van der Waals surface area contributed by atoms with Gasteiger partial charge in [0.05, 0.1) is 11.4 Å². The number of benzene rings is 2. The zero-order valence-electron chi connectivity index (χ0n) is 14.4. The van der Waals surface area contributed by atoms with Crippen molar-refractivity contribution in [2.75, 3.05) is 4.31 Å². The van der Waals surface area contributed by atoms with Gasteiger partial charge in [0, 0.05) is 0 Å². The van der Waals surface area contributed by atoms with Gasteiger partial charge < -0.3 is 0 Å². The summed E-state index contributed by atoms with van der Waals surface area (Å²) >= 11 is 0. The highest BCUT2D eigenvalue weighted by molar-refractivity contribution is 7.87. The highest BCUT2D eigenvalue weighted by Gasteiger charge is 2.27. The standard InChI is InChI=1S/C18H23NO3S/c1-11-7-8-12(2)17(9-11)19(23(20,21)22)18-15(5)13(3)10-14(4)16(18)6/h7-10H,1-6H3,(H,20,21,22). The zero-order chi connectivity index (χ0) is 17.5. The summed E-state index contributed by atoms with van der Waals surface area (Å²) in [6.07, 6.45) is 0. The van der Waals surface area contributed by atoms with Crippen LogP contribution in [0.15, 0.2) is 24.3 Å². The lowest BCUT2D eigenvalue weighted by molar-refractivity contribution is 0.483. The largest absolute Gasteiger partial charge is 0.364 e. The van der Waals surface area contributed by atoms with E-state index in [2.05, 4.69) is 0 Å². The Morgan fingerprint density at radius 2 is 1.35 bits per heavy atom. The predicted octanol–water partition coefficient (Wildman–Crippen LogP) is 4.48. The molecule has 5 heteroatoms. The lowest BCUT2D eigenvalue weighted by Gasteiger charge is -2.28. The monoisotopic (exact) mass is 333 g/mol. The molecule has 0 spiro atoms. The molecule has 2 aromatic rings. The van der Waals surface area contributed by atoms with Gasteiger partial charge in [-0.3, -0.25) is 4.55 Å². The SMILES string of the molecule is Cc1ccc(C)c(N(c2c(C)c(C)cc(C)c2C)S(=O)(=O)O)c1. The number of nitrogens with zero attached hydrogens (tertiary/aromatic N) is 1. The first-order valence-electron chi connectivity index (χ1n) is 7.46. The Bertz CT molecular complexity index is 844. The Morgan fingerprint density at radius 3 is 1.83 bits per heavy atom. The van der Waals surface area contributed by atoms with Crippen molar-refractivity contribution in [2.45, 2.75) is 41.5 Å². The minimum Gasteiger partial charge on any atom is -0.269 e. The van der Waals surface area contributed by atoms with Crippen LogP contribution >= 0.6 is 0 Å². The number of anilines is 2. The topological polar surface area (TPSA) is 57.6 Å². The number of hydrogen-bond donors (Lipinski definition) is 1. The number of hydrogen-bond acceptors (Lipinski definition) is 2. The van der Waals surface area contributed by atoms with Crippen LogP contribution in [-0.4, -0.2) is 13.0 Å². The van der Waals surface area contributed by atoms with Crippen LogP contribution in [0.25, 0.3) is 0 Å². The van der Waals surface area contributed by atoms with E-state index < -0.39 is 10.3 Å². The van der Waals surface area contributed by atoms with E-state index in [-0.39, 0.29) is 0 Å². The van der Waals surface area contributed by atoms with E-state index in [9.17, 15) is 13.0 Å². The molecule has 0 atom stereocenters. The second-order valence-corrected chi connectivity index (χ2v) is 7.40. The molecule has 0 amide bonds. The minimum atomic E-state index is -4.46. The highest BCUT2D eigenvalue weighted by atomic mass is 32.2. The van der Waals surface area contributed by atoms with E-state index in [1.807, 2.05) is 59.7 Å². The molecular formula is C18H23NO3S. The van der Waals surface area contributed by atoms with E-state index >= 15 is 0 Å². The fourth-order valence-corrected chi connectivity index (χ4v) is 3.75. The molecule has 124 valence electrons. The molecule has 2 aromatic carbocycles. The first-order chi connectivity index (χ1) is 10.5. The van der Waals surface area contributed by atoms with Crippen molar-refractivity contribution in [1.29, 1.82) is 0 Å². The van der Waals surface area contributed by atoms with E-state index in [0.717, 1.165) is 37.7 Å². The molecule has 0 heterocycles. The third kappa shape index (κ3) is 3.26. The molecule has 4 nitrogen and oxygen atoms in total. The first-order valence-corrected chi connectivity index (χ1v) is 8.86. The van der Waals surface area contributed by atoms with Gasteiger partial charge in [-0.1, -0.05) is 18.2 Å². The molecule has 0 unspecified atom stereocenters. The molecular weight excluding hydrogens is 310 g/mol. The summed E-state index contributed by atoms with van der Waals surface area (Å²) < 4.78 is 35.4. The van der Waals surface area contributed by atoms with Crippen LogP contribution in [0.5, 0.6) is 0 Å². The first kappa shape index (κ1) is 17.5. The van der Waals surface area contributed by atoms with Gasteiger partial charge in [0.1, 0.15) is 0 Å². The maximum atomic E-state index is 12.2. The summed E-state index contributed by atoms with van der Waals surface area (Å²) in [5, 5.41) is 0. The summed E-state index contributed by atoms with van der Waals surface area (Å²) in [6.45, 7) is 11.4. The number of rotatable bonds is 3. The third-order valence-electron chi connectivity index (χ3n) is 4.34. The molecule has 0 aromatic heterocycles. The predicted molar refractivity (Wildman–Crippen MR) is 95.0 cm³/mol. The minimum absolute atomic E-state index is 0.476. The average Bonchev–Trinajstić information content (AvgIpc) is 2.43. The van der Waals surface area contributed by atoms with Gasteiger partial charge in [0.15, 0.2) is 0 Å². The molecule has 0 bridgehead atoms. The fraction of sp³-hybridized carbons (Fsp3) is 0.333. The maximum absolute atomic E-state index is 12.2. The van der Waals surface area contributed by atoms with Crippen LogP contribution in [0, 0.1) is 41.5 Å². The highest BCUT2D eigenvalue weighted by Crippen LogP contribution is 2.38. The number of aryl methyl sites for hydroxylation is 4. The van der Waals surface area contributed by atoms with Crippen LogP contribution in [0.2, 0.25) is 0 Å². The molecule has 0 radical (unpaired) electrons. The Labute approximate surface area is 138 Å². The molecule has 1 N–H and O–H groups in total. The second kappa shape index (κ2) is 5.98. The van der Waals surface area contributed by atoms with Crippen molar-refractivity contribution in [1.82, 2.24) is 0 Å². The van der Waals surface area contributed by atoms with Gasteiger partial charge >= 0.3 is 10.3 Å². The van der Waals surface area contributed by atoms with E-state index in [1.165, 1.54) is 0 Å². The summed E-state index contributed by atoms with van der Waals surface area (Å²) in [7, 11) is -4.46. The van der Waals surface area contributed by atoms with E-state index in [1.54, 1.807) is 6.07 Å². The van der Waals surface area contributed by atoms with E-state index in [4.69, 9.17) is 0 Å². The van der Waals surface area contributed by atoms with Gasteiger partial charge in [0.2, 0.25) is 0 Å². The van der Waals surface area contributed by atoms with Gasteiger partial charge in [-0.05, 0) is 81.0 Å². The Hall–Kier alpha value is -1.85. The normalized spacial score (nSPS) is 11.6. The Morgan fingerprint density at radius 1 is 0.826 bits per heavy atom. The average molecular weight is 333 g/mol. The quantitative estimate of drug-likeness (QED) is 0.843. The van der Waals surface area contributed by atoms with Crippen molar-refractivity contribution < 1.29 is 13.0 Å². The van der Waals surface area contributed by atoms with Crippen LogP contribution in [-0.2, 0) is 10.3 Å². The molecule has 0 saturated carbocycles. The zero-order valence-corrected chi connectivity index (χ0v) is 15.2. The summed E-state index contributed by atoms with van der Waals surface area (Å²) in [5.41, 5.74) is 6.37. The molecule has 23 heavy (non-hydrogen) atoms. The fourth-order valence-electron chi connectivity index (χ4n) is 2.80. The summed E-state index contributed by atoms with van der Waals surface area (Å²) in [6, 6.07) is 7.58. The van der Waals surface area contributed by atoms with Crippen LogP contribution in [0.3, 0.4) is 0 Å². The molecule has 0 aliphatic rings. The van der Waals surface area contributed by atoms with Crippen LogP contribution in [0.4, 0.5) is 11.4 Å².